The summed E-state index contributed by atoms with van der Waals surface area (Å²) in [5.74, 6) is 2.40. The quantitative estimate of drug-likeness (QED) is 0.319. The van der Waals surface area contributed by atoms with E-state index in [1.165, 1.54) is 12.1 Å². The Morgan fingerprint density at radius 1 is 1.43 bits per heavy atom. The monoisotopic (exact) mass is 387 g/mol. The number of nitro benzene ring substituents is 1. The molecule has 1 unspecified atom stereocenters. The fraction of sp³-hybridized carbons (Fsp3) is 0.500. The number of ether oxygens (including phenoxy) is 1. The molecule has 0 saturated carbocycles. The van der Waals surface area contributed by atoms with Crippen molar-refractivity contribution in [2.45, 2.75) is 45.5 Å². The first-order chi connectivity index (χ1) is 13.6. The predicted octanol–water partition coefficient (Wildman–Crippen LogP) is 1.40. The minimum atomic E-state index is -0.405. The van der Waals surface area contributed by atoms with Gasteiger partial charge in [0.25, 0.3) is 5.69 Å². The third kappa shape index (κ3) is 5.03. The van der Waals surface area contributed by atoms with Crippen LogP contribution < -0.4 is 10.6 Å². The van der Waals surface area contributed by atoms with E-state index >= 15 is 0 Å². The second kappa shape index (κ2) is 9.27. The van der Waals surface area contributed by atoms with Gasteiger partial charge in [0.1, 0.15) is 12.4 Å². The van der Waals surface area contributed by atoms with Crippen LogP contribution in [-0.2, 0) is 30.9 Å². The number of non-ortho nitro benzene ring substituents is 1. The molecule has 0 saturated heterocycles. The number of aromatic nitrogens is 3. The van der Waals surface area contributed by atoms with Crippen molar-refractivity contribution in [2.75, 3.05) is 13.7 Å². The molecule has 1 aromatic heterocycles. The van der Waals surface area contributed by atoms with Gasteiger partial charge in [0.2, 0.25) is 0 Å². The molecule has 1 aliphatic rings. The highest BCUT2D eigenvalue weighted by molar-refractivity contribution is 5.80. The van der Waals surface area contributed by atoms with Gasteiger partial charge in [-0.05, 0) is 18.9 Å². The first kappa shape index (κ1) is 19.7. The van der Waals surface area contributed by atoms with Gasteiger partial charge in [-0.15, -0.1) is 0 Å². The van der Waals surface area contributed by atoms with Gasteiger partial charge in [0.05, 0.1) is 18.0 Å². The van der Waals surface area contributed by atoms with Crippen LogP contribution in [0.3, 0.4) is 0 Å². The SMILES string of the molecule is CCNC(=NCc1ccc([N+](=O)[O-])cc1)NC1CCc2nc(COC)nn2C1. The molecule has 2 N–H and O–H groups in total. The molecule has 0 aliphatic carbocycles. The lowest BCUT2D eigenvalue weighted by Gasteiger charge is -2.25. The van der Waals surface area contributed by atoms with Crippen LogP contribution in [0.25, 0.3) is 0 Å². The number of nitrogens with zero attached hydrogens (tertiary/aromatic N) is 5. The van der Waals surface area contributed by atoms with Crippen molar-refractivity contribution in [1.82, 2.24) is 25.4 Å². The first-order valence-corrected chi connectivity index (χ1v) is 9.28. The predicted molar refractivity (Wildman–Crippen MR) is 104 cm³/mol. The molecule has 10 nitrogen and oxygen atoms in total. The number of fused-ring (bicyclic) bond motifs is 1. The van der Waals surface area contributed by atoms with Gasteiger partial charge in [-0.25, -0.2) is 14.7 Å². The van der Waals surface area contributed by atoms with E-state index in [0.717, 1.165) is 30.8 Å². The Hall–Kier alpha value is -3.01. The highest BCUT2D eigenvalue weighted by Crippen LogP contribution is 2.14. The molecule has 0 amide bonds. The summed E-state index contributed by atoms with van der Waals surface area (Å²) >= 11 is 0. The molecular weight excluding hydrogens is 362 g/mol. The number of aliphatic imine (C=N–C) groups is 1. The summed E-state index contributed by atoms with van der Waals surface area (Å²) in [6.07, 6.45) is 1.78. The van der Waals surface area contributed by atoms with Gasteiger partial charge in [-0.3, -0.25) is 10.1 Å². The van der Waals surface area contributed by atoms with Crippen LogP contribution >= 0.6 is 0 Å². The van der Waals surface area contributed by atoms with Crippen LogP contribution in [0.4, 0.5) is 5.69 Å². The van der Waals surface area contributed by atoms with E-state index in [1.54, 1.807) is 19.2 Å². The molecule has 0 fully saturated rings. The Bertz CT molecular complexity index is 832. The van der Waals surface area contributed by atoms with E-state index < -0.39 is 4.92 Å². The Labute approximate surface area is 163 Å². The first-order valence-electron chi connectivity index (χ1n) is 9.28. The second-order valence-electron chi connectivity index (χ2n) is 6.56. The molecule has 10 heteroatoms. The van der Waals surface area contributed by atoms with Crippen molar-refractivity contribution in [3.05, 3.63) is 51.6 Å². The number of rotatable bonds is 7. The van der Waals surface area contributed by atoms with E-state index in [0.29, 0.717) is 31.5 Å². The summed E-state index contributed by atoms with van der Waals surface area (Å²) in [6.45, 7) is 4.32. The zero-order valence-electron chi connectivity index (χ0n) is 16.1. The van der Waals surface area contributed by atoms with Gasteiger partial charge in [0.15, 0.2) is 11.8 Å². The average molecular weight is 387 g/mol. The third-order valence-corrected chi connectivity index (χ3v) is 4.43. The molecule has 0 spiro atoms. The Morgan fingerprint density at radius 3 is 2.89 bits per heavy atom. The summed E-state index contributed by atoms with van der Waals surface area (Å²) in [5.41, 5.74) is 0.991. The molecule has 2 heterocycles. The molecule has 150 valence electrons. The number of benzene rings is 1. The topological polar surface area (TPSA) is 120 Å². The highest BCUT2D eigenvalue weighted by Gasteiger charge is 2.22. The van der Waals surface area contributed by atoms with E-state index in [4.69, 9.17) is 4.74 Å². The number of nitrogens with one attached hydrogen (secondary N) is 2. The van der Waals surface area contributed by atoms with Crippen LogP contribution in [0.1, 0.15) is 30.6 Å². The lowest BCUT2D eigenvalue weighted by molar-refractivity contribution is -0.384. The van der Waals surface area contributed by atoms with Crippen LogP contribution in [0.5, 0.6) is 0 Å². The lowest BCUT2D eigenvalue weighted by Crippen LogP contribution is -2.47. The molecule has 1 atom stereocenters. The Kier molecular flexibility index (Phi) is 6.53. The van der Waals surface area contributed by atoms with Crippen molar-refractivity contribution in [2.24, 2.45) is 4.99 Å². The highest BCUT2D eigenvalue weighted by atomic mass is 16.6. The minimum absolute atomic E-state index is 0.0800. The van der Waals surface area contributed by atoms with E-state index in [1.807, 2.05) is 11.6 Å². The number of aryl methyl sites for hydroxylation is 1. The van der Waals surface area contributed by atoms with Crippen LogP contribution in [0, 0.1) is 10.1 Å². The maximum absolute atomic E-state index is 10.7. The van der Waals surface area contributed by atoms with Gasteiger partial charge >= 0.3 is 0 Å². The van der Waals surface area contributed by atoms with Crippen LogP contribution in [-0.4, -0.2) is 45.3 Å². The average Bonchev–Trinajstić information content (AvgIpc) is 3.08. The maximum atomic E-state index is 10.7. The number of hydrogen-bond donors (Lipinski definition) is 2. The van der Waals surface area contributed by atoms with Crippen LogP contribution in [0.15, 0.2) is 29.3 Å². The zero-order valence-corrected chi connectivity index (χ0v) is 16.1. The third-order valence-electron chi connectivity index (χ3n) is 4.43. The van der Waals surface area contributed by atoms with Gasteiger partial charge in [-0.2, -0.15) is 5.10 Å². The van der Waals surface area contributed by atoms with Crippen molar-refractivity contribution in [3.8, 4) is 0 Å². The van der Waals surface area contributed by atoms with Crippen molar-refractivity contribution in [3.63, 3.8) is 0 Å². The number of guanidine groups is 1. The zero-order chi connectivity index (χ0) is 19.9. The number of methoxy groups -OCH3 is 1. The van der Waals surface area contributed by atoms with Crippen molar-refractivity contribution >= 4 is 11.6 Å². The fourth-order valence-electron chi connectivity index (χ4n) is 3.08. The van der Waals surface area contributed by atoms with Gasteiger partial charge < -0.3 is 15.4 Å². The standard InChI is InChI=1S/C18H25N7O3/c1-3-19-18(20-10-13-4-7-15(8-5-13)25(26)27)21-14-6-9-17-22-16(12-28-2)23-24(17)11-14/h4-5,7-8,14H,3,6,9-12H2,1-2H3,(H2,19,20,21). The largest absolute Gasteiger partial charge is 0.377 e. The molecule has 0 bridgehead atoms. The number of nitro groups is 1. The van der Waals surface area contributed by atoms with E-state index in [-0.39, 0.29) is 11.7 Å². The molecular formula is C18H25N7O3. The Balaban J connectivity index is 1.62. The van der Waals surface area contributed by atoms with Crippen molar-refractivity contribution in [1.29, 1.82) is 0 Å². The normalized spacial score (nSPS) is 16.5. The minimum Gasteiger partial charge on any atom is -0.377 e. The molecule has 1 aromatic carbocycles. The van der Waals surface area contributed by atoms with Crippen molar-refractivity contribution < 1.29 is 9.66 Å². The maximum Gasteiger partial charge on any atom is 0.269 e. The summed E-state index contributed by atoms with van der Waals surface area (Å²) < 4.78 is 7.03. The van der Waals surface area contributed by atoms with E-state index in [9.17, 15) is 10.1 Å². The lowest BCUT2D eigenvalue weighted by atomic mass is 10.1. The molecule has 2 aromatic rings. The summed E-state index contributed by atoms with van der Waals surface area (Å²) in [6, 6.07) is 6.64. The summed E-state index contributed by atoms with van der Waals surface area (Å²) in [5, 5.41) is 21.9. The smallest absolute Gasteiger partial charge is 0.269 e. The van der Waals surface area contributed by atoms with E-state index in [2.05, 4.69) is 25.7 Å². The summed E-state index contributed by atoms with van der Waals surface area (Å²) in [7, 11) is 1.63. The van der Waals surface area contributed by atoms with Gasteiger partial charge in [0, 0.05) is 38.2 Å². The van der Waals surface area contributed by atoms with Gasteiger partial charge in [-0.1, -0.05) is 12.1 Å². The summed E-state index contributed by atoms with van der Waals surface area (Å²) in [4.78, 5) is 19.4. The Morgan fingerprint density at radius 2 is 2.21 bits per heavy atom. The fourth-order valence-corrected chi connectivity index (χ4v) is 3.08. The number of hydrogen-bond acceptors (Lipinski definition) is 6. The molecule has 0 radical (unpaired) electrons. The molecule has 1 aliphatic heterocycles. The molecule has 28 heavy (non-hydrogen) atoms. The van der Waals surface area contributed by atoms with Crippen LogP contribution in [0.2, 0.25) is 0 Å². The molecule has 3 rings (SSSR count). The second-order valence-corrected chi connectivity index (χ2v) is 6.56.